The van der Waals surface area contributed by atoms with Crippen molar-refractivity contribution in [1.29, 1.82) is 0 Å². The van der Waals surface area contributed by atoms with Gasteiger partial charge in [0.15, 0.2) is 0 Å². The third-order valence-electron chi connectivity index (χ3n) is 6.79. The van der Waals surface area contributed by atoms with Gasteiger partial charge in [0.2, 0.25) is 0 Å². The van der Waals surface area contributed by atoms with E-state index < -0.39 is 0 Å². The van der Waals surface area contributed by atoms with Crippen molar-refractivity contribution in [1.82, 2.24) is 24.8 Å². The first kappa shape index (κ1) is 25.1. The molecule has 4 heterocycles. The van der Waals surface area contributed by atoms with E-state index in [1.165, 1.54) is 0 Å². The summed E-state index contributed by atoms with van der Waals surface area (Å²) in [6.07, 6.45) is 6.89. The van der Waals surface area contributed by atoms with Crippen molar-refractivity contribution >= 4 is 29.0 Å². The van der Waals surface area contributed by atoms with Gasteiger partial charge in [-0.25, -0.2) is 9.97 Å². The van der Waals surface area contributed by atoms with Crippen LogP contribution in [0.4, 0.5) is 5.82 Å². The molecule has 0 spiro atoms. The largest absolute Gasteiger partial charge is 0.491 e. The van der Waals surface area contributed by atoms with Gasteiger partial charge < -0.3 is 19.4 Å². The highest BCUT2D eigenvalue weighted by Gasteiger charge is 2.29. The second-order valence-corrected chi connectivity index (χ2v) is 10.6. The predicted octanol–water partition coefficient (Wildman–Crippen LogP) is 3.70. The maximum absolute atomic E-state index is 13.1. The normalized spacial score (nSPS) is 16.8. The molecule has 0 bridgehead atoms. The number of thiazole rings is 1. The number of carbonyl (C=O) groups excluding carboxylic acids is 2. The lowest BCUT2D eigenvalue weighted by molar-refractivity contribution is 0.0712. The van der Waals surface area contributed by atoms with Crippen molar-refractivity contribution in [2.75, 3.05) is 44.2 Å². The minimum absolute atomic E-state index is 0.0150. The van der Waals surface area contributed by atoms with Crippen LogP contribution in [0.1, 0.15) is 58.5 Å². The first-order valence-electron chi connectivity index (χ1n) is 12.8. The van der Waals surface area contributed by atoms with Gasteiger partial charge in [-0.15, -0.1) is 11.3 Å². The number of nitrogens with zero attached hydrogens (tertiary/aromatic N) is 6. The maximum atomic E-state index is 13.1. The summed E-state index contributed by atoms with van der Waals surface area (Å²) >= 11 is 1.55. The van der Waals surface area contributed by atoms with E-state index in [1.807, 2.05) is 53.3 Å². The quantitative estimate of drug-likeness (QED) is 0.489. The average Bonchev–Trinajstić information content (AvgIpc) is 3.43. The lowest BCUT2D eigenvalue weighted by atomic mass is 9.97. The summed E-state index contributed by atoms with van der Waals surface area (Å²) in [5, 5.41) is 2.87. The lowest BCUT2D eigenvalue weighted by Gasteiger charge is -2.34. The van der Waals surface area contributed by atoms with Crippen molar-refractivity contribution in [3.63, 3.8) is 0 Å². The van der Waals surface area contributed by atoms with E-state index in [-0.39, 0.29) is 23.8 Å². The Kier molecular flexibility index (Phi) is 7.64. The molecule has 194 valence electrons. The first-order valence-corrected chi connectivity index (χ1v) is 13.7. The van der Waals surface area contributed by atoms with Gasteiger partial charge in [-0.2, -0.15) is 0 Å². The second-order valence-electron chi connectivity index (χ2n) is 9.67. The van der Waals surface area contributed by atoms with Crippen LogP contribution < -0.4 is 9.64 Å². The molecule has 0 atom stereocenters. The molecule has 0 unspecified atom stereocenters. The number of amides is 2. The molecule has 3 aromatic rings. The summed E-state index contributed by atoms with van der Waals surface area (Å²) in [5.41, 5.74) is 1.20. The molecular weight excluding hydrogens is 488 g/mol. The molecule has 0 N–H and O–H groups in total. The molecule has 2 fully saturated rings. The highest BCUT2D eigenvalue weighted by molar-refractivity contribution is 7.09. The molecule has 37 heavy (non-hydrogen) atoms. The highest BCUT2D eigenvalue weighted by atomic mass is 32.1. The fourth-order valence-corrected chi connectivity index (χ4v) is 5.75. The minimum Gasteiger partial charge on any atom is -0.491 e. The van der Waals surface area contributed by atoms with Crippen molar-refractivity contribution < 1.29 is 14.3 Å². The van der Waals surface area contributed by atoms with Crippen LogP contribution in [-0.2, 0) is 0 Å². The van der Waals surface area contributed by atoms with Crippen LogP contribution in [0.3, 0.4) is 0 Å². The minimum atomic E-state index is -0.0150. The van der Waals surface area contributed by atoms with Crippen molar-refractivity contribution in [3.8, 4) is 5.75 Å². The maximum Gasteiger partial charge on any atom is 0.273 e. The molecular formula is C27H32N6O3S. The molecule has 0 aliphatic carbocycles. The fourth-order valence-electron chi connectivity index (χ4n) is 4.79. The Morgan fingerprint density at radius 1 is 0.946 bits per heavy atom. The van der Waals surface area contributed by atoms with Gasteiger partial charge in [-0.1, -0.05) is 0 Å². The van der Waals surface area contributed by atoms with Gasteiger partial charge in [0.1, 0.15) is 17.3 Å². The number of carbonyl (C=O) groups is 2. The SMILES string of the molecule is CC(C)Oc1ccc(C(=O)N2CCC(c3nc(C(=O)N4CCN(c5cnccn5)CC4)cs3)CC2)cc1. The number of hydrogen-bond acceptors (Lipinski definition) is 8. The van der Waals surface area contributed by atoms with Gasteiger partial charge in [0, 0.05) is 68.5 Å². The van der Waals surface area contributed by atoms with Crippen LogP contribution in [-0.4, -0.2) is 81.9 Å². The summed E-state index contributed by atoms with van der Waals surface area (Å²) in [4.78, 5) is 45.2. The molecule has 2 aliphatic heterocycles. The predicted molar refractivity (Wildman–Crippen MR) is 142 cm³/mol. The molecule has 2 aromatic heterocycles. The Morgan fingerprint density at radius 2 is 1.65 bits per heavy atom. The Hall–Kier alpha value is -3.53. The lowest BCUT2D eigenvalue weighted by Crippen LogP contribution is -2.49. The second kappa shape index (κ2) is 11.2. The van der Waals surface area contributed by atoms with E-state index in [0.29, 0.717) is 37.4 Å². The molecule has 0 radical (unpaired) electrons. The molecule has 0 saturated carbocycles. The summed E-state index contributed by atoms with van der Waals surface area (Å²) in [6.45, 7) is 8.03. The Balaban J connectivity index is 1.12. The zero-order chi connectivity index (χ0) is 25.8. The van der Waals surface area contributed by atoms with E-state index in [0.717, 1.165) is 42.5 Å². The number of piperazine rings is 1. The number of rotatable bonds is 6. The van der Waals surface area contributed by atoms with Crippen LogP contribution in [0.15, 0.2) is 48.2 Å². The van der Waals surface area contributed by atoms with Gasteiger partial charge in [0.05, 0.1) is 17.3 Å². The molecule has 2 saturated heterocycles. The van der Waals surface area contributed by atoms with E-state index in [9.17, 15) is 9.59 Å². The van der Waals surface area contributed by atoms with Gasteiger partial charge >= 0.3 is 0 Å². The third kappa shape index (κ3) is 5.90. The van der Waals surface area contributed by atoms with Crippen LogP contribution >= 0.6 is 11.3 Å². The molecule has 10 heteroatoms. The molecule has 2 aliphatic rings. The van der Waals surface area contributed by atoms with E-state index in [4.69, 9.17) is 9.72 Å². The third-order valence-corrected chi connectivity index (χ3v) is 7.79. The number of hydrogen-bond donors (Lipinski definition) is 0. The smallest absolute Gasteiger partial charge is 0.273 e. The van der Waals surface area contributed by atoms with E-state index in [2.05, 4.69) is 14.9 Å². The number of likely N-dealkylation sites (tertiary alicyclic amines) is 1. The summed E-state index contributed by atoms with van der Waals surface area (Å²) < 4.78 is 5.67. The van der Waals surface area contributed by atoms with Crippen molar-refractivity contribution in [2.45, 2.75) is 38.7 Å². The number of ether oxygens (including phenoxy) is 1. The van der Waals surface area contributed by atoms with Gasteiger partial charge in [0.25, 0.3) is 11.8 Å². The first-order chi connectivity index (χ1) is 18.0. The zero-order valence-electron chi connectivity index (χ0n) is 21.2. The number of piperidine rings is 1. The Labute approximate surface area is 221 Å². The zero-order valence-corrected chi connectivity index (χ0v) is 22.1. The average molecular weight is 521 g/mol. The molecule has 5 rings (SSSR count). The van der Waals surface area contributed by atoms with Crippen LogP contribution in [0.25, 0.3) is 0 Å². The number of benzene rings is 1. The summed E-state index contributed by atoms with van der Waals surface area (Å²) in [6, 6.07) is 7.36. The highest BCUT2D eigenvalue weighted by Crippen LogP contribution is 2.31. The topological polar surface area (TPSA) is 91.8 Å². The van der Waals surface area contributed by atoms with Gasteiger partial charge in [-0.3, -0.25) is 14.6 Å². The monoisotopic (exact) mass is 520 g/mol. The Morgan fingerprint density at radius 3 is 2.30 bits per heavy atom. The summed E-state index contributed by atoms with van der Waals surface area (Å²) in [7, 11) is 0. The molecule has 9 nitrogen and oxygen atoms in total. The fraction of sp³-hybridized carbons (Fsp3) is 0.444. The van der Waals surface area contributed by atoms with E-state index >= 15 is 0 Å². The van der Waals surface area contributed by atoms with E-state index in [1.54, 1.807) is 29.9 Å². The summed E-state index contributed by atoms with van der Waals surface area (Å²) in [5.74, 6) is 1.91. The molecule has 2 amide bonds. The van der Waals surface area contributed by atoms with Crippen LogP contribution in [0.2, 0.25) is 0 Å². The number of anilines is 1. The molecule has 1 aromatic carbocycles. The van der Waals surface area contributed by atoms with Crippen molar-refractivity contribution in [3.05, 3.63) is 64.5 Å². The van der Waals surface area contributed by atoms with Gasteiger partial charge in [-0.05, 0) is 51.0 Å². The number of aromatic nitrogens is 3. The van der Waals surface area contributed by atoms with Crippen LogP contribution in [0, 0.1) is 0 Å². The van der Waals surface area contributed by atoms with Crippen LogP contribution in [0.5, 0.6) is 5.75 Å². The standard InChI is InChI=1S/C27H32N6O3S/c1-19(2)36-22-5-3-21(4-6-22)26(34)32-11-7-20(8-12-32)25-30-23(18-37-25)27(35)33-15-13-31(14-16-33)24-17-28-9-10-29-24/h3-6,9-10,17-20H,7-8,11-16H2,1-2H3. The Bertz CT molecular complexity index is 1200. The van der Waals surface area contributed by atoms with Crippen molar-refractivity contribution in [2.24, 2.45) is 0 Å².